The van der Waals surface area contributed by atoms with Crippen molar-refractivity contribution in [2.45, 2.75) is 57.2 Å². The molecule has 2 atom stereocenters. The van der Waals surface area contributed by atoms with Crippen molar-refractivity contribution in [3.63, 3.8) is 0 Å². The van der Waals surface area contributed by atoms with Crippen LogP contribution in [-0.4, -0.2) is 24.2 Å². The van der Waals surface area contributed by atoms with Gasteiger partial charge < -0.3 is 10.1 Å². The largest absolute Gasteiger partial charge is 0.493 e. The van der Waals surface area contributed by atoms with Gasteiger partial charge in [0.2, 0.25) is 0 Å². The summed E-state index contributed by atoms with van der Waals surface area (Å²) < 4.78 is 5.99. The molecule has 2 unspecified atom stereocenters. The Bertz CT molecular complexity index is 404. The summed E-state index contributed by atoms with van der Waals surface area (Å²) in [6.07, 6.45) is 6.27. The molecule has 1 heterocycles. The molecule has 0 radical (unpaired) electrons. The molecular weight excluding hydrogens is 278 g/mol. The first-order valence-corrected chi connectivity index (χ1v) is 9.48. The van der Waals surface area contributed by atoms with E-state index >= 15 is 0 Å². The number of thioether (sulfide) groups is 1. The monoisotopic (exact) mass is 307 g/mol. The number of hydrogen-bond donors (Lipinski definition) is 1. The molecule has 0 aromatic heterocycles. The number of hydrogen-bond acceptors (Lipinski definition) is 3. The fraction of sp³-hybridized carbons (Fsp3) is 0.667. The van der Waals surface area contributed by atoms with Gasteiger partial charge in [-0.2, -0.15) is 11.8 Å². The summed E-state index contributed by atoms with van der Waals surface area (Å²) in [5.74, 6) is 2.37. The third-order valence-corrected chi connectivity index (χ3v) is 5.38. The van der Waals surface area contributed by atoms with Crippen LogP contribution in [0.1, 0.15) is 57.6 Å². The molecule has 0 spiro atoms. The number of nitrogens with one attached hydrogen (secondary N) is 1. The van der Waals surface area contributed by atoms with E-state index in [-0.39, 0.29) is 0 Å². The second kappa shape index (κ2) is 9.37. The van der Waals surface area contributed by atoms with Crippen molar-refractivity contribution in [3.05, 3.63) is 29.8 Å². The van der Waals surface area contributed by atoms with Crippen LogP contribution < -0.4 is 10.1 Å². The lowest BCUT2D eigenvalue weighted by Gasteiger charge is -2.32. The zero-order valence-electron chi connectivity index (χ0n) is 13.4. The Morgan fingerprint density at radius 2 is 2.10 bits per heavy atom. The maximum Gasteiger partial charge on any atom is 0.124 e. The molecule has 21 heavy (non-hydrogen) atoms. The van der Waals surface area contributed by atoms with Crippen molar-refractivity contribution < 1.29 is 4.74 Å². The van der Waals surface area contributed by atoms with E-state index in [4.69, 9.17) is 4.74 Å². The molecule has 118 valence electrons. The highest BCUT2D eigenvalue weighted by Gasteiger charge is 2.27. The average molecular weight is 308 g/mol. The molecule has 1 aliphatic rings. The van der Waals surface area contributed by atoms with E-state index in [1.165, 1.54) is 37.0 Å². The van der Waals surface area contributed by atoms with Crippen molar-refractivity contribution in [2.24, 2.45) is 0 Å². The Morgan fingerprint density at radius 3 is 2.81 bits per heavy atom. The molecule has 1 saturated heterocycles. The van der Waals surface area contributed by atoms with Crippen LogP contribution in [0.5, 0.6) is 5.75 Å². The Balaban J connectivity index is 2.18. The summed E-state index contributed by atoms with van der Waals surface area (Å²) in [6.45, 7) is 6.27. The lowest BCUT2D eigenvalue weighted by atomic mass is 9.98. The topological polar surface area (TPSA) is 21.3 Å². The van der Waals surface area contributed by atoms with Gasteiger partial charge in [-0.05, 0) is 44.0 Å². The SMILES string of the molecule is CCCNC(c1ccccc1OCCC)C1CCCCS1. The molecule has 1 aliphatic heterocycles. The summed E-state index contributed by atoms with van der Waals surface area (Å²) in [7, 11) is 0. The smallest absolute Gasteiger partial charge is 0.124 e. The average Bonchev–Trinajstić information content (AvgIpc) is 2.55. The molecule has 0 bridgehead atoms. The predicted octanol–water partition coefficient (Wildman–Crippen LogP) is 4.80. The van der Waals surface area contributed by atoms with Gasteiger partial charge in [0, 0.05) is 16.9 Å². The van der Waals surface area contributed by atoms with Crippen LogP contribution in [0.4, 0.5) is 0 Å². The van der Waals surface area contributed by atoms with E-state index in [1.807, 2.05) is 0 Å². The summed E-state index contributed by atoms with van der Waals surface area (Å²) >= 11 is 2.13. The van der Waals surface area contributed by atoms with E-state index < -0.39 is 0 Å². The lowest BCUT2D eigenvalue weighted by Crippen LogP contribution is -2.32. The van der Waals surface area contributed by atoms with E-state index in [9.17, 15) is 0 Å². The van der Waals surface area contributed by atoms with Crippen molar-refractivity contribution in [1.82, 2.24) is 5.32 Å². The highest BCUT2D eigenvalue weighted by atomic mass is 32.2. The lowest BCUT2D eigenvalue weighted by molar-refractivity contribution is 0.308. The first-order chi connectivity index (χ1) is 10.4. The van der Waals surface area contributed by atoms with Crippen LogP contribution in [0.15, 0.2) is 24.3 Å². The maximum absolute atomic E-state index is 5.99. The first-order valence-electron chi connectivity index (χ1n) is 8.43. The zero-order chi connectivity index (χ0) is 14.9. The Labute approximate surface area is 134 Å². The summed E-state index contributed by atoms with van der Waals surface area (Å²) in [6, 6.07) is 9.01. The number of para-hydroxylation sites is 1. The van der Waals surface area contributed by atoms with Crippen LogP contribution in [0.25, 0.3) is 0 Å². The van der Waals surface area contributed by atoms with Crippen molar-refractivity contribution >= 4 is 11.8 Å². The molecule has 1 N–H and O–H groups in total. The van der Waals surface area contributed by atoms with Gasteiger partial charge >= 0.3 is 0 Å². The molecule has 0 aliphatic carbocycles. The summed E-state index contributed by atoms with van der Waals surface area (Å²) in [5, 5.41) is 4.45. The summed E-state index contributed by atoms with van der Waals surface area (Å²) in [4.78, 5) is 0. The molecule has 1 fully saturated rings. The molecule has 1 aromatic carbocycles. The molecule has 2 nitrogen and oxygen atoms in total. The van der Waals surface area contributed by atoms with Crippen molar-refractivity contribution in [2.75, 3.05) is 18.9 Å². The van der Waals surface area contributed by atoms with Crippen LogP contribution in [0.3, 0.4) is 0 Å². The standard InChI is InChI=1S/C18H29NOS/c1-3-12-19-18(17-11-7-8-14-21-17)15-9-5-6-10-16(15)20-13-4-2/h5-6,9-10,17-19H,3-4,7-8,11-14H2,1-2H3. The van der Waals surface area contributed by atoms with Crippen LogP contribution >= 0.6 is 11.8 Å². The highest BCUT2D eigenvalue weighted by Crippen LogP contribution is 2.38. The number of benzene rings is 1. The van der Waals surface area contributed by atoms with Crippen LogP contribution in [0, 0.1) is 0 Å². The third-order valence-electron chi connectivity index (χ3n) is 3.92. The van der Waals surface area contributed by atoms with Gasteiger partial charge in [-0.1, -0.05) is 38.5 Å². The molecule has 1 aromatic rings. The van der Waals surface area contributed by atoms with Gasteiger partial charge in [-0.3, -0.25) is 0 Å². The molecule has 0 saturated carbocycles. The van der Waals surface area contributed by atoms with Crippen LogP contribution in [-0.2, 0) is 0 Å². The minimum Gasteiger partial charge on any atom is -0.493 e. The minimum absolute atomic E-state index is 0.420. The van der Waals surface area contributed by atoms with Gasteiger partial charge in [0.1, 0.15) is 5.75 Å². The normalized spacial score (nSPS) is 20.2. The molecule has 2 rings (SSSR count). The van der Waals surface area contributed by atoms with Crippen molar-refractivity contribution in [1.29, 1.82) is 0 Å². The highest BCUT2D eigenvalue weighted by molar-refractivity contribution is 8.00. The molecule has 0 amide bonds. The van der Waals surface area contributed by atoms with E-state index in [1.54, 1.807) is 0 Å². The summed E-state index contributed by atoms with van der Waals surface area (Å²) in [5.41, 5.74) is 1.35. The third kappa shape index (κ3) is 4.93. The Hall–Kier alpha value is -0.670. The predicted molar refractivity (Wildman–Crippen MR) is 93.4 cm³/mol. The van der Waals surface area contributed by atoms with Gasteiger partial charge in [-0.15, -0.1) is 0 Å². The van der Waals surface area contributed by atoms with Gasteiger partial charge in [0.15, 0.2) is 0 Å². The van der Waals surface area contributed by atoms with Gasteiger partial charge in [0.25, 0.3) is 0 Å². The van der Waals surface area contributed by atoms with Crippen LogP contribution in [0.2, 0.25) is 0 Å². The number of ether oxygens (including phenoxy) is 1. The van der Waals surface area contributed by atoms with E-state index in [0.717, 1.165) is 25.3 Å². The quantitative estimate of drug-likeness (QED) is 0.745. The van der Waals surface area contributed by atoms with E-state index in [2.05, 4.69) is 55.2 Å². The van der Waals surface area contributed by atoms with Gasteiger partial charge in [0.05, 0.1) is 6.61 Å². The molecule has 3 heteroatoms. The Morgan fingerprint density at radius 1 is 1.24 bits per heavy atom. The maximum atomic E-state index is 5.99. The minimum atomic E-state index is 0.420. The fourth-order valence-electron chi connectivity index (χ4n) is 2.85. The van der Waals surface area contributed by atoms with Gasteiger partial charge in [-0.25, -0.2) is 0 Å². The first kappa shape index (κ1) is 16.7. The Kier molecular flexibility index (Phi) is 7.45. The molecular formula is C18H29NOS. The second-order valence-corrected chi connectivity index (χ2v) is 7.07. The zero-order valence-corrected chi connectivity index (χ0v) is 14.3. The van der Waals surface area contributed by atoms with E-state index in [0.29, 0.717) is 11.3 Å². The second-order valence-electron chi connectivity index (χ2n) is 5.72. The fourth-order valence-corrected chi connectivity index (χ4v) is 4.29. The number of rotatable bonds is 8. The van der Waals surface area contributed by atoms with Crippen molar-refractivity contribution in [3.8, 4) is 5.75 Å².